The highest BCUT2D eigenvalue weighted by Gasteiger charge is 2.45. The Labute approximate surface area is 191 Å². The maximum Gasteiger partial charge on any atom is 0.295 e. The number of aryl methyl sites for hydroxylation is 1. The van der Waals surface area contributed by atoms with E-state index in [2.05, 4.69) is 4.98 Å². The number of ketones is 1. The van der Waals surface area contributed by atoms with Crippen molar-refractivity contribution in [3.05, 3.63) is 101 Å². The summed E-state index contributed by atoms with van der Waals surface area (Å²) in [7, 11) is 1.55. The molecule has 6 nitrogen and oxygen atoms in total. The maximum atomic E-state index is 13.2. The second-order valence-corrected chi connectivity index (χ2v) is 7.83. The first-order valence-electron chi connectivity index (χ1n) is 10.5. The van der Waals surface area contributed by atoms with Crippen molar-refractivity contribution in [3.63, 3.8) is 0 Å². The summed E-state index contributed by atoms with van der Waals surface area (Å²) in [4.78, 5) is 31.6. The van der Waals surface area contributed by atoms with E-state index in [9.17, 15) is 19.1 Å². The SMILES string of the molecule is COc1ccc(/C(O)=C2/C(=O)C(=O)N(CCc3ccc(F)cc3)C2c2ccncc2)c(C)c1. The summed E-state index contributed by atoms with van der Waals surface area (Å²) in [5.74, 6) is -1.39. The molecule has 1 aromatic heterocycles. The fourth-order valence-electron chi connectivity index (χ4n) is 4.08. The fourth-order valence-corrected chi connectivity index (χ4v) is 4.08. The van der Waals surface area contributed by atoms with Crippen LogP contribution in [-0.2, 0) is 16.0 Å². The van der Waals surface area contributed by atoms with Crippen LogP contribution in [0.4, 0.5) is 4.39 Å². The smallest absolute Gasteiger partial charge is 0.295 e. The zero-order chi connectivity index (χ0) is 23.5. The number of hydrogen-bond acceptors (Lipinski definition) is 5. The van der Waals surface area contributed by atoms with Gasteiger partial charge in [-0.1, -0.05) is 12.1 Å². The lowest BCUT2D eigenvalue weighted by molar-refractivity contribution is -0.139. The Morgan fingerprint density at radius 3 is 2.42 bits per heavy atom. The van der Waals surface area contributed by atoms with Gasteiger partial charge in [0.2, 0.25) is 0 Å². The van der Waals surface area contributed by atoms with E-state index in [-0.39, 0.29) is 23.7 Å². The standard InChI is InChI=1S/C26H23FN2O4/c1-16-15-20(33-2)7-8-21(16)24(30)22-23(18-9-12-28-13-10-18)29(26(32)25(22)31)14-11-17-3-5-19(27)6-4-17/h3-10,12-13,15,23,30H,11,14H2,1-2H3/b24-22-. The van der Waals surface area contributed by atoms with Crippen LogP contribution >= 0.6 is 0 Å². The number of methoxy groups -OCH3 is 1. The highest BCUT2D eigenvalue weighted by Crippen LogP contribution is 2.40. The Hall–Kier alpha value is -4.00. The van der Waals surface area contributed by atoms with Crippen LogP contribution in [-0.4, -0.2) is 40.3 Å². The number of Topliss-reactive ketones (excluding diaryl/α,β-unsaturated/α-hetero) is 1. The summed E-state index contributed by atoms with van der Waals surface area (Å²) in [6.07, 6.45) is 3.58. The van der Waals surface area contributed by atoms with Crippen molar-refractivity contribution < 1.29 is 23.8 Å². The van der Waals surface area contributed by atoms with E-state index in [0.29, 0.717) is 28.9 Å². The molecule has 4 rings (SSSR count). The van der Waals surface area contributed by atoms with Gasteiger partial charge in [0, 0.05) is 24.5 Å². The zero-order valence-electron chi connectivity index (χ0n) is 18.3. The van der Waals surface area contributed by atoms with Gasteiger partial charge in [-0.2, -0.15) is 0 Å². The molecule has 0 bridgehead atoms. The van der Waals surface area contributed by atoms with Crippen molar-refractivity contribution in [3.8, 4) is 5.75 Å². The summed E-state index contributed by atoms with van der Waals surface area (Å²) in [5.41, 5.74) is 2.68. The number of nitrogens with zero attached hydrogens (tertiary/aromatic N) is 2. The predicted molar refractivity (Wildman–Crippen MR) is 121 cm³/mol. The number of amides is 1. The first-order chi connectivity index (χ1) is 15.9. The Bertz CT molecular complexity index is 1220. The number of rotatable bonds is 6. The third kappa shape index (κ3) is 4.35. The summed E-state index contributed by atoms with van der Waals surface area (Å²) in [5, 5.41) is 11.2. The molecule has 7 heteroatoms. The number of aromatic nitrogens is 1. The molecule has 1 aliphatic rings. The highest BCUT2D eigenvalue weighted by molar-refractivity contribution is 6.46. The predicted octanol–water partition coefficient (Wildman–Crippen LogP) is 4.20. The molecule has 2 heterocycles. The largest absolute Gasteiger partial charge is 0.507 e. The molecule has 33 heavy (non-hydrogen) atoms. The minimum absolute atomic E-state index is 0.0265. The van der Waals surface area contributed by atoms with Crippen LogP contribution in [0, 0.1) is 12.7 Å². The van der Waals surface area contributed by atoms with Crippen molar-refractivity contribution >= 4 is 17.4 Å². The van der Waals surface area contributed by atoms with Gasteiger partial charge in [-0.15, -0.1) is 0 Å². The number of carbonyl (C=O) groups is 2. The third-order valence-corrected chi connectivity index (χ3v) is 5.81. The average Bonchev–Trinajstić information content (AvgIpc) is 3.08. The second kappa shape index (κ2) is 9.24. The van der Waals surface area contributed by atoms with Gasteiger partial charge >= 0.3 is 0 Å². The molecule has 0 radical (unpaired) electrons. The van der Waals surface area contributed by atoms with Crippen LogP contribution < -0.4 is 4.74 Å². The summed E-state index contributed by atoms with van der Waals surface area (Å²) in [6.45, 7) is 2.02. The van der Waals surface area contributed by atoms with E-state index in [1.54, 1.807) is 68.9 Å². The molecule has 1 unspecified atom stereocenters. The molecule has 1 atom stereocenters. The lowest BCUT2D eigenvalue weighted by Gasteiger charge is -2.25. The Balaban J connectivity index is 1.77. The number of benzene rings is 2. The number of pyridine rings is 1. The molecule has 1 N–H and O–H groups in total. The van der Waals surface area contributed by atoms with Gasteiger partial charge in [-0.25, -0.2) is 4.39 Å². The topological polar surface area (TPSA) is 79.7 Å². The van der Waals surface area contributed by atoms with Gasteiger partial charge < -0.3 is 14.7 Å². The molecule has 2 aromatic carbocycles. The Kier molecular flexibility index (Phi) is 6.22. The molecular formula is C26H23FN2O4. The van der Waals surface area contributed by atoms with Gasteiger partial charge in [0.1, 0.15) is 17.3 Å². The minimum atomic E-state index is -0.769. The summed E-state index contributed by atoms with van der Waals surface area (Å²) < 4.78 is 18.5. The number of halogens is 1. The number of ether oxygens (including phenoxy) is 1. The van der Waals surface area contributed by atoms with Gasteiger partial charge in [-0.3, -0.25) is 14.6 Å². The molecule has 3 aromatic rings. The van der Waals surface area contributed by atoms with Crippen molar-refractivity contribution in [2.75, 3.05) is 13.7 Å². The zero-order valence-corrected chi connectivity index (χ0v) is 18.3. The van der Waals surface area contributed by atoms with Crippen molar-refractivity contribution in [2.45, 2.75) is 19.4 Å². The Morgan fingerprint density at radius 1 is 1.09 bits per heavy atom. The van der Waals surface area contributed by atoms with E-state index in [0.717, 1.165) is 5.56 Å². The summed E-state index contributed by atoms with van der Waals surface area (Å²) in [6, 6.07) is 13.8. The quantitative estimate of drug-likeness (QED) is 0.349. The summed E-state index contributed by atoms with van der Waals surface area (Å²) >= 11 is 0. The van der Waals surface area contributed by atoms with Crippen LogP contribution in [0.2, 0.25) is 0 Å². The lowest BCUT2D eigenvalue weighted by atomic mass is 9.94. The van der Waals surface area contributed by atoms with Gasteiger partial charge in [-0.05, 0) is 72.5 Å². The number of likely N-dealkylation sites (tertiary alicyclic amines) is 1. The molecule has 1 fully saturated rings. The first-order valence-corrected chi connectivity index (χ1v) is 10.5. The molecule has 1 aliphatic heterocycles. The van der Waals surface area contributed by atoms with E-state index < -0.39 is 17.7 Å². The van der Waals surface area contributed by atoms with E-state index in [1.807, 2.05) is 0 Å². The molecular weight excluding hydrogens is 423 g/mol. The average molecular weight is 446 g/mol. The number of aliphatic hydroxyl groups is 1. The number of aliphatic hydroxyl groups excluding tert-OH is 1. The van der Waals surface area contributed by atoms with E-state index >= 15 is 0 Å². The first kappa shape index (κ1) is 22.2. The van der Waals surface area contributed by atoms with Crippen LogP contribution in [0.5, 0.6) is 5.75 Å². The van der Waals surface area contributed by atoms with E-state index in [1.165, 1.54) is 17.0 Å². The molecule has 0 aliphatic carbocycles. The van der Waals surface area contributed by atoms with Gasteiger partial charge in [0.05, 0.1) is 18.7 Å². The fraction of sp³-hybridized carbons (Fsp3) is 0.192. The monoisotopic (exact) mass is 446 g/mol. The van der Waals surface area contributed by atoms with Crippen molar-refractivity contribution in [1.29, 1.82) is 0 Å². The molecule has 1 amide bonds. The van der Waals surface area contributed by atoms with Crippen molar-refractivity contribution in [1.82, 2.24) is 9.88 Å². The maximum absolute atomic E-state index is 13.2. The van der Waals surface area contributed by atoms with Crippen LogP contribution in [0.15, 0.2) is 72.6 Å². The molecule has 168 valence electrons. The van der Waals surface area contributed by atoms with Crippen molar-refractivity contribution in [2.24, 2.45) is 0 Å². The lowest BCUT2D eigenvalue weighted by Crippen LogP contribution is -2.31. The number of hydrogen-bond donors (Lipinski definition) is 1. The molecule has 0 saturated carbocycles. The normalized spacial score (nSPS) is 17.4. The van der Waals surface area contributed by atoms with Crippen LogP contribution in [0.3, 0.4) is 0 Å². The number of carbonyl (C=O) groups excluding carboxylic acids is 2. The van der Waals surface area contributed by atoms with Crippen LogP contribution in [0.1, 0.15) is 28.3 Å². The Morgan fingerprint density at radius 2 is 1.79 bits per heavy atom. The van der Waals surface area contributed by atoms with Gasteiger partial charge in [0.25, 0.3) is 11.7 Å². The van der Waals surface area contributed by atoms with E-state index in [4.69, 9.17) is 4.74 Å². The highest BCUT2D eigenvalue weighted by atomic mass is 19.1. The molecule has 0 spiro atoms. The minimum Gasteiger partial charge on any atom is -0.507 e. The molecule has 1 saturated heterocycles. The van der Waals surface area contributed by atoms with Crippen LogP contribution in [0.25, 0.3) is 5.76 Å². The third-order valence-electron chi connectivity index (χ3n) is 5.81. The second-order valence-electron chi connectivity index (χ2n) is 7.83. The van der Waals surface area contributed by atoms with Gasteiger partial charge in [0.15, 0.2) is 0 Å².